The molecule has 6 nitrogen and oxygen atoms in total. The first kappa shape index (κ1) is 13.4. The molecule has 1 rings (SSSR count). The van der Waals surface area contributed by atoms with E-state index in [0.717, 1.165) is 0 Å². The van der Waals surface area contributed by atoms with Crippen LogP contribution in [0.3, 0.4) is 0 Å². The van der Waals surface area contributed by atoms with Crippen molar-refractivity contribution >= 4 is 5.97 Å². The monoisotopic (exact) mass is 233 g/mol. The number of ether oxygens (including phenoxy) is 3. The van der Waals surface area contributed by atoms with Crippen LogP contribution in [-0.2, 0) is 19.0 Å². The molecule has 94 valence electrons. The highest BCUT2D eigenvalue weighted by atomic mass is 16.6. The Balaban J connectivity index is 1.98. The van der Waals surface area contributed by atoms with E-state index in [-0.39, 0.29) is 18.6 Å². The van der Waals surface area contributed by atoms with E-state index in [4.69, 9.17) is 14.2 Å². The molecule has 0 aliphatic carbocycles. The maximum Gasteiger partial charge on any atom is 0.323 e. The standard InChI is InChI=1S/C10H19NO5/c1-14-2-3-15-4-5-16-10(13)9-6-8(12)7-11-9/h8-9,11-12H,2-7H2,1H3/t8-,9+/m1/s1. The summed E-state index contributed by atoms with van der Waals surface area (Å²) in [7, 11) is 1.60. The first-order valence-corrected chi connectivity index (χ1v) is 5.39. The quantitative estimate of drug-likeness (QED) is 0.430. The number of rotatable bonds is 7. The van der Waals surface area contributed by atoms with Gasteiger partial charge in [0.1, 0.15) is 12.6 Å². The average Bonchev–Trinajstić information content (AvgIpc) is 2.70. The van der Waals surface area contributed by atoms with E-state index >= 15 is 0 Å². The number of nitrogens with one attached hydrogen (secondary N) is 1. The minimum Gasteiger partial charge on any atom is -0.462 e. The zero-order valence-electron chi connectivity index (χ0n) is 9.48. The minimum absolute atomic E-state index is 0.233. The van der Waals surface area contributed by atoms with Gasteiger partial charge < -0.3 is 24.6 Å². The van der Waals surface area contributed by atoms with Crippen LogP contribution < -0.4 is 5.32 Å². The first-order valence-electron chi connectivity index (χ1n) is 5.39. The number of aliphatic hydroxyl groups is 1. The van der Waals surface area contributed by atoms with Crippen LogP contribution in [0.2, 0.25) is 0 Å². The molecule has 2 N–H and O–H groups in total. The SMILES string of the molecule is COCCOCCOC(=O)[C@@H]1C[C@@H](O)CN1. The summed E-state index contributed by atoms with van der Waals surface area (Å²) in [4.78, 5) is 11.4. The van der Waals surface area contributed by atoms with Crippen LogP contribution in [-0.4, -0.2) is 63.3 Å². The number of aliphatic hydroxyl groups excluding tert-OH is 1. The molecule has 1 aliphatic rings. The Morgan fingerprint density at radius 1 is 1.38 bits per heavy atom. The van der Waals surface area contributed by atoms with Crippen LogP contribution in [0.5, 0.6) is 0 Å². The van der Waals surface area contributed by atoms with Gasteiger partial charge >= 0.3 is 5.97 Å². The van der Waals surface area contributed by atoms with Gasteiger partial charge in [0.05, 0.1) is 25.9 Å². The Morgan fingerprint density at radius 3 is 2.75 bits per heavy atom. The second kappa shape index (κ2) is 7.56. The van der Waals surface area contributed by atoms with Crippen LogP contribution in [0.25, 0.3) is 0 Å². The third kappa shape index (κ3) is 4.89. The van der Waals surface area contributed by atoms with E-state index in [1.54, 1.807) is 7.11 Å². The number of methoxy groups -OCH3 is 1. The van der Waals surface area contributed by atoms with E-state index in [9.17, 15) is 9.90 Å². The molecule has 0 radical (unpaired) electrons. The second-order valence-electron chi connectivity index (χ2n) is 3.62. The van der Waals surface area contributed by atoms with E-state index in [2.05, 4.69) is 5.32 Å². The largest absolute Gasteiger partial charge is 0.462 e. The highest BCUT2D eigenvalue weighted by Crippen LogP contribution is 2.07. The lowest BCUT2D eigenvalue weighted by atomic mass is 10.2. The summed E-state index contributed by atoms with van der Waals surface area (Å²) in [6.45, 7) is 2.07. The molecule has 2 atom stereocenters. The molecule has 0 aromatic rings. The van der Waals surface area contributed by atoms with Gasteiger partial charge in [0.25, 0.3) is 0 Å². The van der Waals surface area contributed by atoms with Crippen LogP contribution in [0, 0.1) is 0 Å². The average molecular weight is 233 g/mol. The Kier molecular flexibility index (Phi) is 6.32. The fourth-order valence-corrected chi connectivity index (χ4v) is 1.44. The molecule has 0 saturated carbocycles. The third-order valence-electron chi connectivity index (χ3n) is 2.30. The van der Waals surface area contributed by atoms with Crippen molar-refractivity contribution < 1.29 is 24.1 Å². The number of β-amino-alcohol motifs (C(OH)–C–C–N with tert-alkyl or cyclic N) is 1. The summed E-state index contributed by atoms with van der Waals surface area (Å²) in [6.07, 6.45) is -0.0286. The zero-order chi connectivity index (χ0) is 11.8. The Bertz CT molecular complexity index is 211. The molecular formula is C10H19NO5. The Hall–Kier alpha value is -0.690. The molecule has 1 heterocycles. The van der Waals surface area contributed by atoms with Crippen molar-refractivity contribution in [3.05, 3.63) is 0 Å². The van der Waals surface area contributed by atoms with Crippen LogP contribution >= 0.6 is 0 Å². The van der Waals surface area contributed by atoms with E-state index in [1.807, 2.05) is 0 Å². The van der Waals surface area contributed by atoms with Crippen molar-refractivity contribution in [1.82, 2.24) is 5.32 Å². The predicted molar refractivity (Wildman–Crippen MR) is 56.1 cm³/mol. The Morgan fingerprint density at radius 2 is 2.12 bits per heavy atom. The van der Waals surface area contributed by atoms with Crippen molar-refractivity contribution in [2.24, 2.45) is 0 Å². The molecule has 0 aromatic carbocycles. The third-order valence-corrected chi connectivity index (χ3v) is 2.30. The number of hydrogen-bond donors (Lipinski definition) is 2. The second-order valence-corrected chi connectivity index (χ2v) is 3.62. The van der Waals surface area contributed by atoms with Gasteiger partial charge in [0.15, 0.2) is 0 Å². The lowest BCUT2D eigenvalue weighted by Gasteiger charge is -2.10. The maximum absolute atomic E-state index is 11.4. The van der Waals surface area contributed by atoms with Gasteiger partial charge in [-0.2, -0.15) is 0 Å². The van der Waals surface area contributed by atoms with Crippen molar-refractivity contribution in [2.45, 2.75) is 18.6 Å². The van der Waals surface area contributed by atoms with Gasteiger partial charge in [0, 0.05) is 20.1 Å². The van der Waals surface area contributed by atoms with E-state index in [0.29, 0.717) is 32.8 Å². The van der Waals surface area contributed by atoms with Crippen molar-refractivity contribution in [2.75, 3.05) is 40.1 Å². The molecule has 1 aliphatic heterocycles. The summed E-state index contributed by atoms with van der Waals surface area (Å²) in [5.74, 6) is -0.327. The van der Waals surface area contributed by atoms with Crippen molar-refractivity contribution in [3.63, 3.8) is 0 Å². The molecule has 16 heavy (non-hydrogen) atoms. The van der Waals surface area contributed by atoms with Gasteiger partial charge in [-0.1, -0.05) is 0 Å². The highest BCUT2D eigenvalue weighted by molar-refractivity contribution is 5.76. The van der Waals surface area contributed by atoms with Crippen LogP contribution in [0.15, 0.2) is 0 Å². The summed E-state index contributed by atoms with van der Waals surface area (Å²) < 4.78 is 14.9. The van der Waals surface area contributed by atoms with E-state index < -0.39 is 6.10 Å². The van der Waals surface area contributed by atoms with Gasteiger partial charge in [-0.15, -0.1) is 0 Å². The van der Waals surface area contributed by atoms with Gasteiger partial charge in [-0.25, -0.2) is 0 Å². The molecule has 0 aromatic heterocycles. The number of carbonyl (C=O) groups excluding carboxylic acids is 1. The molecule has 1 saturated heterocycles. The molecule has 0 unspecified atom stereocenters. The van der Waals surface area contributed by atoms with Crippen molar-refractivity contribution in [3.8, 4) is 0 Å². The summed E-state index contributed by atoms with van der Waals surface area (Å²) in [6, 6.07) is -0.381. The summed E-state index contributed by atoms with van der Waals surface area (Å²) in [5, 5.41) is 12.1. The first-order chi connectivity index (χ1) is 7.74. The number of hydrogen-bond acceptors (Lipinski definition) is 6. The molecule has 0 amide bonds. The lowest BCUT2D eigenvalue weighted by Crippen LogP contribution is -2.33. The highest BCUT2D eigenvalue weighted by Gasteiger charge is 2.28. The van der Waals surface area contributed by atoms with Gasteiger partial charge in [-0.05, 0) is 0 Å². The lowest BCUT2D eigenvalue weighted by molar-refractivity contribution is -0.147. The van der Waals surface area contributed by atoms with Crippen LogP contribution in [0.1, 0.15) is 6.42 Å². The summed E-state index contributed by atoms with van der Waals surface area (Å²) in [5.41, 5.74) is 0. The Labute approximate surface area is 94.9 Å². The van der Waals surface area contributed by atoms with Crippen molar-refractivity contribution in [1.29, 1.82) is 0 Å². The van der Waals surface area contributed by atoms with Gasteiger partial charge in [-0.3, -0.25) is 4.79 Å². The minimum atomic E-state index is -0.449. The smallest absolute Gasteiger partial charge is 0.323 e. The number of esters is 1. The topological polar surface area (TPSA) is 77.0 Å². The molecule has 0 spiro atoms. The molecule has 1 fully saturated rings. The molecular weight excluding hydrogens is 214 g/mol. The predicted octanol–water partition coefficient (Wildman–Crippen LogP) is -1.08. The van der Waals surface area contributed by atoms with Crippen LogP contribution in [0.4, 0.5) is 0 Å². The fourth-order valence-electron chi connectivity index (χ4n) is 1.44. The fraction of sp³-hybridized carbons (Fsp3) is 0.900. The molecule has 0 bridgehead atoms. The zero-order valence-corrected chi connectivity index (χ0v) is 9.48. The number of carbonyl (C=O) groups is 1. The normalized spacial score (nSPS) is 24.6. The summed E-state index contributed by atoms with van der Waals surface area (Å²) >= 11 is 0. The maximum atomic E-state index is 11.4. The van der Waals surface area contributed by atoms with Gasteiger partial charge in [0.2, 0.25) is 0 Å². The van der Waals surface area contributed by atoms with E-state index in [1.165, 1.54) is 0 Å². The molecule has 6 heteroatoms.